The van der Waals surface area contributed by atoms with E-state index in [4.69, 9.17) is 26.3 Å². The Morgan fingerprint density at radius 3 is 2.71 bits per heavy atom. The Morgan fingerprint density at radius 1 is 1.07 bits per heavy atom. The second-order valence-corrected chi connectivity index (χ2v) is 12.0. The number of piperazine rings is 1. The SMILES string of the molecule is CN(C)C1CN(c2nc(N3CCN[C@@H](CC#N)C3)c3c4c(c(-c5cccc6cccc(Cl)c56)cc3n2)CCCO4)C1. The number of nitrogens with one attached hydrogen (secondary N) is 1. The number of rotatable bonds is 5. The van der Waals surface area contributed by atoms with E-state index in [1.807, 2.05) is 12.1 Å². The summed E-state index contributed by atoms with van der Waals surface area (Å²) in [6.45, 7) is 4.78. The van der Waals surface area contributed by atoms with E-state index in [9.17, 15) is 5.26 Å². The molecular weight excluding hydrogens is 534 g/mol. The number of nitrogens with zero attached hydrogens (tertiary/aromatic N) is 6. The molecule has 1 aromatic heterocycles. The van der Waals surface area contributed by atoms with Gasteiger partial charge in [-0.05, 0) is 55.6 Å². The van der Waals surface area contributed by atoms with E-state index in [0.29, 0.717) is 19.1 Å². The fraction of sp³-hybridized carbons (Fsp3) is 0.406. The Bertz CT molecular complexity index is 1670. The first-order valence-electron chi connectivity index (χ1n) is 14.5. The molecule has 0 radical (unpaired) electrons. The Morgan fingerprint density at radius 2 is 1.90 bits per heavy atom. The van der Waals surface area contributed by atoms with Crippen LogP contribution in [0.5, 0.6) is 5.75 Å². The molecule has 0 amide bonds. The summed E-state index contributed by atoms with van der Waals surface area (Å²) in [7, 11) is 4.24. The zero-order valence-corrected chi connectivity index (χ0v) is 24.3. The Hall–Kier alpha value is -3.64. The first-order valence-corrected chi connectivity index (χ1v) is 14.8. The number of aromatic nitrogens is 2. The first kappa shape index (κ1) is 26.3. The molecule has 0 aliphatic carbocycles. The van der Waals surface area contributed by atoms with Gasteiger partial charge in [0, 0.05) is 60.8 Å². The van der Waals surface area contributed by atoms with E-state index >= 15 is 0 Å². The molecule has 0 saturated carbocycles. The summed E-state index contributed by atoms with van der Waals surface area (Å²) in [6, 6.07) is 17.6. The summed E-state index contributed by atoms with van der Waals surface area (Å²) < 4.78 is 6.51. The quantitative estimate of drug-likeness (QED) is 0.366. The van der Waals surface area contributed by atoms with Crippen molar-refractivity contribution in [3.05, 3.63) is 53.1 Å². The molecule has 2 saturated heterocycles. The average Bonchev–Trinajstić information content (AvgIpc) is 2.95. The summed E-state index contributed by atoms with van der Waals surface area (Å²) in [5, 5.41) is 16.8. The summed E-state index contributed by atoms with van der Waals surface area (Å²) in [4.78, 5) is 17.2. The topological polar surface area (TPSA) is 80.5 Å². The van der Waals surface area contributed by atoms with Gasteiger partial charge >= 0.3 is 0 Å². The molecule has 7 rings (SSSR count). The Kier molecular flexibility index (Phi) is 6.82. The molecule has 4 aromatic rings. The van der Waals surface area contributed by atoms with Crippen LogP contribution in [-0.4, -0.2) is 80.4 Å². The molecule has 3 aliphatic heterocycles. The molecular formula is C32H34ClN7O. The van der Waals surface area contributed by atoms with Gasteiger partial charge in [-0.15, -0.1) is 0 Å². The van der Waals surface area contributed by atoms with Crippen LogP contribution in [0, 0.1) is 11.3 Å². The van der Waals surface area contributed by atoms with E-state index in [1.165, 1.54) is 5.56 Å². The number of hydrogen-bond acceptors (Lipinski definition) is 8. The average molecular weight is 568 g/mol. The highest BCUT2D eigenvalue weighted by atomic mass is 35.5. The van der Waals surface area contributed by atoms with Gasteiger partial charge in [0.15, 0.2) is 0 Å². The van der Waals surface area contributed by atoms with Gasteiger partial charge in [0.1, 0.15) is 11.6 Å². The van der Waals surface area contributed by atoms with Crippen molar-refractivity contribution in [3.63, 3.8) is 0 Å². The Balaban J connectivity index is 1.45. The summed E-state index contributed by atoms with van der Waals surface area (Å²) in [5.41, 5.74) is 4.30. The molecule has 9 heteroatoms. The van der Waals surface area contributed by atoms with Crippen molar-refractivity contribution in [2.75, 3.05) is 63.2 Å². The van der Waals surface area contributed by atoms with Crippen molar-refractivity contribution in [3.8, 4) is 22.9 Å². The predicted molar refractivity (Wildman–Crippen MR) is 165 cm³/mol. The van der Waals surface area contributed by atoms with E-state index < -0.39 is 0 Å². The van der Waals surface area contributed by atoms with E-state index in [2.05, 4.69) is 70.5 Å². The number of anilines is 2. The minimum atomic E-state index is 0.0955. The van der Waals surface area contributed by atoms with Crippen molar-refractivity contribution in [1.82, 2.24) is 20.2 Å². The van der Waals surface area contributed by atoms with Crippen molar-refractivity contribution in [2.24, 2.45) is 0 Å². The third kappa shape index (κ3) is 4.62. The molecule has 1 atom stereocenters. The lowest BCUT2D eigenvalue weighted by Crippen LogP contribution is -2.58. The maximum absolute atomic E-state index is 9.39. The number of benzene rings is 3. The molecule has 41 heavy (non-hydrogen) atoms. The van der Waals surface area contributed by atoms with Crippen LogP contribution in [0.1, 0.15) is 18.4 Å². The molecule has 3 aliphatic rings. The fourth-order valence-electron chi connectivity index (χ4n) is 6.44. The molecule has 0 bridgehead atoms. The summed E-state index contributed by atoms with van der Waals surface area (Å²) in [5.74, 6) is 2.54. The normalized spacial score (nSPS) is 19.2. The third-order valence-electron chi connectivity index (χ3n) is 8.74. The third-order valence-corrected chi connectivity index (χ3v) is 9.06. The van der Waals surface area contributed by atoms with E-state index in [1.54, 1.807) is 0 Å². The highest BCUT2D eigenvalue weighted by Crippen LogP contribution is 2.46. The molecule has 0 unspecified atom stereocenters. The maximum Gasteiger partial charge on any atom is 0.228 e. The molecule has 0 spiro atoms. The number of nitriles is 1. The molecule has 8 nitrogen and oxygen atoms in total. The van der Waals surface area contributed by atoms with Crippen LogP contribution >= 0.6 is 11.6 Å². The van der Waals surface area contributed by atoms with Crippen LogP contribution in [0.3, 0.4) is 0 Å². The standard InChI is InChI=1S/C32H34ClN7O/c1-38(2)22-18-40(19-22)32-36-27-16-25(23-8-3-6-20-7-4-10-26(33)28(20)23)24-9-5-15-41-30(24)29(27)31(37-32)39-14-13-35-21(17-39)11-12-34/h3-4,6-8,10,16,21-22,35H,5,9,11,13-15,17-19H2,1-2H3/t21-/m0/s1. The van der Waals surface area contributed by atoms with E-state index in [-0.39, 0.29) is 6.04 Å². The van der Waals surface area contributed by atoms with Crippen LogP contribution in [-0.2, 0) is 6.42 Å². The van der Waals surface area contributed by atoms with Crippen molar-refractivity contribution in [2.45, 2.75) is 31.3 Å². The van der Waals surface area contributed by atoms with Gasteiger partial charge < -0.3 is 24.8 Å². The van der Waals surface area contributed by atoms with Gasteiger partial charge in [-0.1, -0.05) is 41.9 Å². The molecule has 210 valence electrons. The van der Waals surface area contributed by atoms with Crippen LogP contribution in [0.25, 0.3) is 32.8 Å². The van der Waals surface area contributed by atoms with Crippen molar-refractivity contribution in [1.29, 1.82) is 5.26 Å². The second kappa shape index (κ2) is 10.6. The molecule has 4 heterocycles. The smallest absolute Gasteiger partial charge is 0.228 e. The van der Waals surface area contributed by atoms with Gasteiger partial charge in [0.05, 0.1) is 30.0 Å². The van der Waals surface area contributed by atoms with Crippen LogP contribution in [0.15, 0.2) is 42.5 Å². The first-order chi connectivity index (χ1) is 20.0. The zero-order chi connectivity index (χ0) is 28.1. The number of hydrogen-bond donors (Lipinski definition) is 1. The van der Waals surface area contributed by atoms with Crippen LogP contribution in [0.4, 0.5) is 11.8 Å². The number of fused-ring (bicyclic) bond motifs is 4. The highest BCUT2D eigenvalue weighted by molar-refractivity contribution is 6.36. The molecule has 3 aromatic carbocycles. The zero-order valence-electron chi connectivity index (χ0n) is 23.5. The summed E-state index contributed by atoms with van der Waals surface area (Å²) in [6.07, 6.45) is 2.33. The number of likely N-dealkylation sites (N-methyl/N-ethyl adjacent to an activating group) is 1. The van der Waals surface area contributed by atoms with Crippen LogP contribution in [0.2, 0.25) is 5.02 Å². The van der Waals surface area contributed by atoms with Gasteiger partial charge in [-0.3, -0.25) is 0 Å². The lowest BCUT2D eigenvalue weighted by Gasteiger charge is -2.43. The second-order valence-electron chi connectivity index (χ2n) is 11.6. The maximum atomic E-state index is 9.39. The largest absolute Gasteiger partial charge is 0.492 e. The molecule has 1 N–H and O–H groups in total. The van der Waals surface area contributed by atoms with Crippen LogP contribution < -0.4 is 19.9 Å². The number of ether oxygens (including phenoxy) is 1. The fourth-order valence-corrected chi connectivity index (χ4v) is 6.73. The Labute approximate surface area is 245 Å². The lowest BCUT2D eigenvalue weighted by atomic mass is 9.89. The molecule has 2 fully saturated rings. The minimum Gasteiger partial charge on any atom is -0.492 e. The number of halogens is 1. The van der Waals surface area contributed by atoms with Gasteiger partial charge in [0.25, 0.3) is 0 Å². The van der Waals surface area contributed by atoms with Crippen molar-refractivity contribution < 1.29 is 4.74 Å². The predicted octanol–water partition coefficient (Wildman–Crippen LogP) is 4.87. The lowest BCUT2D eigenvalue weighted by molar-refractivity contribution is 0.245. The van der Waals surface area contributed by atoms with Gasteiger partial charge in [-0.25, -0.2) is 4.98 Å². The minimum absolute atomic E-state index is 0.0955. The summed E-state index contributed by atoms with van der Waals surface area (Å²) >= 11 is 6.81. The highest BCUT2D eigenvalue weighted by Gasteiger charge is 2.33. The van der Waals surface area contributed by atoms with Crippen molar-refractivity contribution >= 4 is 45.0 Å². The van der Waals surface area contributed by atoms with Gasteiger partial charge in [0.2, 0.25) is 5.95 Å². The van der Waals surface area contributed by atoms with E-state index in [0.717, 1.165) is 101 Å². The monoisotopic (exact) mass is 567 g/mol. The van der Waals surface area contributed by atoms with Gasteiger partial charge in [-0.2, -0.15) is 10.2 Å².